The number of hydrogen-bond donors (Lipinski definition) is 0. The molecule has 0 fully saturated rings. The van der Waals surface area contributed by atoms with Gasteiger partial charge in [-0.05, 0) is 101 Å². The maximum Gasteiger partial charge on any atom is 0.338 e. The lowest BCUT2D eigenvalue weighted by atomic mass is 9.95. The van der Waals surface area contributed by atoms with Gasteiger partial charge in [-0.15, -0.1) is 0 Å². The molecule has 0 spiro atoms. The number of esters is 1. The van der Waals surface area contributed by atoms with Crippen LogP contribution in [0.3, 0.4) is 0 Å². The second-order valence-electron chi connectivity index (χ2n) is 9.74. The molecule has 0 N–H and O–H groups in total. The highest BCUT2D eigenvalue weighted by Gasteiger charge is 2.33. The van der Waals surface area contributed by atoms with Crippen LogP contribution in [-0.2, 0) is 16.1 Å². The molecule has 1 aliphatic rings. The molecule has 1 atom stereocenters. The van der Waals surface area contributed by atoms with Gasteiger partial charge in [-0.2, -0.15) is 0 Å². The van der Waals surface area contributed by atoms with E-state index >= 15 is 0 Å². The van der Waals surface area contributed by atoms with Crippen LogP contribution in [-0.4, -0.2) is 22.1 Å². The van der Waals surface area contributed by atoms with E-state index in [0.29, 0.717) is 31.9 Å². The van der Waals surface area contributed by atoms with Crippen LogP contribution in [0.15, 0.2) is 81.7 Å². The quantitative estimate of drug-likeness (QED) is 0.0962. The fourth-order valence-electron chi connectivity index (χ4n) is 4.72. The molecular weight excluding hydrogens is 796 g/mol. The molecule has 0 amide bonds. The number of nitro benzene ring substituents is 1. The van der Waals surface area contributed by atoms with Gasteiger partial charge in [0.05, 0.1) is 40.5 Å². The summed E-state index contributed by atoms with van der Waals surface area (Å²) in [5, 5.41) is 11.1. The molecule has 220 valence electrons. The van der Waals surface area contributed by atoms with E-state index in [4.69, 9.17) is 9.47 Å². The number of hydrogen-bond acceptors (Lipinski definition) is 8. The molecule has 0 unspecified atom stereocenters. The number of carbonyl (C=O) groups excluding carboxylic acids is 1. The van der Waals surface area contributed by atoms with Crippen molar-refractivity contribution in [2.75, 3.05) is 6.61 Å². The molecular formula is C31H25I2N3O6S. The van der Waals surface area contributed by atoms with E-state index in [1.807, 2.05) is 49.4 Å². The van der Waals surface area contributed by atoms with Crippen molar-refractivity contribution in [2.45, 2.75) is 33.4 Å². The van der Waals surface area contributed by atoms with Crippen molar-refractivity contribution in [3.8, 4) is 5.75 Å². The second-order valence-corrected chi connectivity index (χ2v) is 13.1. The summed E-state index contributed by atoms with van der Waals surface area (Å²) in [4.78, 5) is 42.8. The van der Waals surface area contributed by atoms with Crippen LogP contribution in [0.4, 0.5) is 5.69 Å². The van der Waals surface area contributed by atoms with Gasteiger partial charge in [-0.1, -0.05) is 53.3 Å². The Bertz CT molecular complexity index is 1940. The van der Waals surface area contributed by atoms with Crippen molar-refractivity contribution in [2.24, 2.45) is 4.99 Å². The average molecular weight is 821 g/mol. The summed E-state index contributed by atoms with van der Waals surface area (Å²) in [6, 6.07) is 17.3. The molecule has 0 saturated carbocycles. The third kappa shape index (κ3) is 6.60. The number of non-ortho nitro benzene ring substituents is 1. The van der Waals surface area contributed by atoms with Gasteiger partial charge in [0, 0.05) is 12.1 Å². The number of allylic oxidation sites excluding steroid dienone is 1. The predicted octanol–water partition coefficient (Wildman–Crippen LogP) is 5.80. The Hall–Kier alpha value is -3.37. The first-order valence-corrected chi connectivity index (χ1v) is 16.2. The number of benzene rings is 3. The number of nitrogens with zero attached hydrogens (tertiary/aromatic N) is 3. The van der Waals surface area contributed by atoms with Crippen molar-refractivity contribution >= 4 is 74.3 Å². The van der Waals surface area contributed by atoms with Crippen LogP contribution in [0, 0.1) is 24.2 Å². The van der Waals surface area contributed by atoms with Crippen LogP contribution in [0.5, 0.6) is 5.75 Å². The standard InChI is InChI=1S/C31H25I2N3O6S/c1-4-41-30(38)26-18(3)34-31-35(27(26)21-10-8-17(2)9-11-21)29(37)25(43-31)15-20-13-23(32)28(24(33)14-20)42-16-19-6-5-7-22(12-19)36(39)40/h5-15,27H,4,16H2,1-3H3/b25-15+/t27-/m1/s1. The molecule has 2 heterocycles. The number of halogens is 2. The molecule has 1 aliphatic heterocycles. The van der Waals surface area contributed by atoms with Crippen LogP contribution < -0.4 is 19.6 Å². The van der Waals surface area contributed by atoms with Crippen LogP contribution in [0.25, 0.3) is 6.08 Å². The van der Waals surface area contributed by atoms with Gasteiger partial charge < -0.3 is 9.47 Å². The fraction of sp³-hybridized carbons (Fsp3) is 0.194. The maximum atomic E-state index is 13.9. The first-order valence-electron chi connectivity index (χ1n) is 13.2. The van der Waals surface area contributed by atoms with Gasteiger partial charge >= 0.3 is 5.97 Å². The van der Waals surface area contributed by atoms with Crippen molar-refractivity contribution in [3.63, 3.8) is 0 Å². The van der Waals surface area contributed by atoms with Gasteiger partial charge in [0.2, 0.25) is 0 Å². The Morgan fingerprint density at radius 1 is 1.12 bits per heavy atom. The highest BCUT2D eigenvalue weighted by atomic mass is 127. The summed E-state index contributed by atoms with van der Waals surface area (Å²) in [5.74, 6) is 0.161. The summed E-state index contributed by atoms with van der Waals surface area (Å²) in [6.07, 6.45) is 1.81. The molecule has 0 aliphatic carbocycles. The molecule has 5 rings (SSSR count). The van der Waals surface area contributed by atoms with Crippen LogP contribution >= 0.6 is 56.5 Å². The third-order valence-electron chi connectivity index (χ3n) is 6.73. The maximum absolute atomic E-state index is 13.9. The Kier molecular flexibility index (Phi) is 9.46. The van der Waals surface area contributed by atoms with E-state index in [0.717, 1.165) is 23.8 Å². The molecule has 12 heteroatoms. The Labute approximate surface area is 278 Å². The first-order chi connectivity index (χ1) is 20.6. The zero-order valence-electron chi connectivity index (χ0n) is 23.3. The number of thiazole rings is 1. The summed E-state index contributed by atoms with van der Waals surface area (Å²) >= 11 is 5.63. The second kappa shape index (κ2) is 13.1. The minimum absolute atomic E-state index is 0.0106. The third-order valence-corrected chi connectivity index (χ3v) is 9.32. The molecule has 4 aromatic rings. The largest absolute Gasteiger partial charge is 0.487 e. The Morgan fingerprint density at radius 3 is 2.47 bits per heavy atom. The molecule has 3 aromatic carbocycles. The Balaban J connectivity index is 1.52. The summed E-state index contributed by atoms with van der Waals surface area (Å²) in [7, 11) is 0. The van der Waals surface area contributed by atoms with E-state index in [2.05, 4.69) is 50.2 Å². The van der Waals surface area contributed by atoms with E-state index in [-0.39, 0.29) is 24.5 Å². The first kappa shape index (κ1) is 31.1. The molecule has 0 radical (unpaired) electrons. The minimum atomic E-state index is -0.664. The monoisotopic (exact) mass is 821 g/mol. The number of ether oxygens (including phenoxy) is 2. The minimum Gasteiger partial charge on any atom is -0.487 e. The average Bonchev–Trinajstić information content (AvgIpc) is 3.26. The van der Waals surface area contributed by atoms with Crippen molar-refractivity contribution in [3.05, 3.63) is 131 Å². The SMILES string of the molecule is CCOC(=O)C1=C(C)N=c2s/c(=C/c3cc(I)c(OCc4cccc([N+](=O)[O-])c4)c(I)c3)c(=O)n2[C@@H]1c1ccc(C)cc1. The van der Waals surface area contributed by atoms with Gasteiger partial charge in [0.25, 0.3) is 11.2 Å². The van der Waals surface area contributed by atoms with Crippen LogP contribution in [0.2, 0.25) is 0 Å². The molecule has 1 aromatic heterocycles. The molecule has 43 heavy (non-hydrogen) atoms. The van der Waals surface area contributed by atoms with E-state index < -0.39 is 16.9 Å². The number of fused-ring (bicyclic) bond motifs is 1. The highest BCUT2D eigenvalue weighted by molar-refractivity contribution is 14.1. The van der Waals surface area contributed by atoms with Crippen molar-refractivity contribution in [1.29, 1.82) is 0 Å². The molecule has 0 saturated heterocycles. The van der Waals surface area contributed by atoms with E-state index in [9.17, 15) is 19.7 Å². The summed E-state index contributed by atoms with van der Waals surface area (Å²) in [5.41, 5.74) is 3.98. The highest BCUT2D eigenvalue weighted by Crippen LogP contribution is 2.32. The van der Waals surface area contributed by atoms with Crippen molar-refractivity contribution < 1.29 is 19.2 Å². The lowest BCUT2D eigenvalue weighted by Gasteiger charge is -2.24. The number of rotatable bonds is 8. The number of carbonyl (C=O) groups is 1. The molecule has 9 nitrogen and oxygen atoms in total. The lowest BCUT2D eigenvalue weighted by Crippen LogP contribution is -2.39. The zero-order chi connectivity index (χ0) is 30.8. The fourth-order valence-corrected chi connectivity index (χ4v) is 7.90. The summed E-state index contributed by atoms with van der Waals surface area (Å²) < 4.78 is 15.1. The van der Waals surface area contributed by atoms with E-state index in [1.165, 1.54) is 23.5 Å². The van der Waals surface area contributed by atoms with Gasteiger partial charge in [0.1, 0.15) is 12.4 Å². The smallest absolute Gasteiger partial charge is 0.338 e. The predicted molar refractivity (Wildman–Crippen MR) is 181 cm³/mol. The number of aromatic nitrogens is 1. The normalized spacial score (nSPS) is 14.7. The van der Waals surface area contributed by atoms with Crippen molar-refractivity contribution in [1.82, 2.24) is 4.57 Å². The van der Waals surface area contributed by atoms with Crippen LogP contribution in [0.1, 0.15) is 42.1 Å². The Morgan fingerprint density at radius 2 is 1.81 bits per heavy atom. The number of aryl methyl sites for hydroxylation is 1. The topological polar surface area (TPSA) is 113 Å². The van der Waals surface area contributed by atoms with Gasteiger partial charge in [-0.3, -0.25) is 19.5 Å². The molecule has 0 bridgehead atoms. The van der Waals surface area contributed by atoms with Gasteiger partial charge in [-0.25, -0.2) is 9.79 Å². The van der Waals surface area contributed by atoms with E-state index in [1.54, 1.807) is 30.5 Å². The number of nitro groups is 1. The zero-order valence-corrected chi connectivity index (χ0v) is 28.4. The van der Waals surface area contributed by atoms with Gasteiger partial charge in [0.15, 0.2) is 4.80 Å². The lowest BCUT2D eigenvalue weighted by molar-refractivity contribution is -0.384. The summed E-state index contributed by atoms with van der Waals surface area (Å²) in [6.45, 7) is 5.88.